The highest BCUT2D eigenvalue weighted by Crippen LogP contribution is 2.33. The summed E-state index contributed by atoms with van der Waals surface area (Å²) in [6.07, 6.45) is 0. The first kappa shape index (κ1) is 12.5. The number of halogens is 2. The van der Waals surface area contributed by atoms with Crippen LogP contribution < -0.4 is 11.3 Å². The van der Waals surface area contributed by atoms with Crippen molar-refractivity contribution < 1.29 is 4.39 Å². The van der Waals surface area contributed by atoms with Gasteiger partial charge >= 0.3 is 0 Å². The molecule has 3 N–H and O–H groups in total. The van der Waals surface area contributed by atoms with Crippen molar-refractivity contribution in [2.45, 2.75) is 13.0 Å². The van der Waals surface area contributed by atoms with E-state index in [9.17, 15) is 4.39 Å². The van der Waals surface area contributed by atoms with Crippen LogP contribution in [0.3, 0.4) is 0 Å². The number of benzene rings is 1. The van der Waals surface area contributed by atoms with Crippen LogP contribution in [-0.4, -0.2) is 0 Å². The molecule has 17 heavy (non-hydrogen) atoms. The van der Waals surface area contributed by atoms with E-state index in [0.717, 1.165) is 4.88 Å². The van der Waals surface area contributed by atoms with Crippen LogP contribution in [0.2, 0.25) is 5.02 Å². The van der Waals surface area contributed by atoms with Crippen molar-refractivity contribution in [2.24, 2.45) is 5.84 Å². The highest BCUT2D eigenvalue weighted by molar-refractivity contribution is 7.10. The summed E-state index contributed by atoms with van der Waals surface area (Å²) in [6, 6.07) is 6.60. The molecule has 90 valence electrons. The van der Waals surface area contributed by atoms with Crippen molar-refractivity contribution in [1.82, 2.24) is 5.43 Å². The Hall–Kier alpha value is -0.940. The van der Waals surface area contributed by atoms with Crippen molar-refractivity contribution in [3.05, 3.63) is 56.5 Å². The van der Waals surface area contributed by atoms with Crippen LogP contribution in [0.25, 0.3) is 0 Å². The molecule has 0 spiro atoms. The summed E-state index contributed by atoms with van der Waals surface area (Å²) >= 11 is 7.50. The Kier molecular flexibility index (Phi) is 3.79. The largest absolute Gasteiger partial charge is 0.271 e. The predicted molar refractivity (Wildman–Crippen MR) is 69.6 cm³/mol. The summed E-state index contributed by atoms with van der Waals surface area (Å²) in [5.41, 5.74) is 3.72. The molecule has 2 aromatic rings. The number of hydrogen-bond donors (Lipinski definition) is 2. The molecule has 0 saturated carbocycles. The summed E-state index contributed by atoms with van der Waals surface area (Å²) < 4.78 is 14.0. The lowest BCUT2D eigenvalue weighted by molar-refractivity contribution is 0.558. The zero-order chi connectivity index (χ0) is 12.4. The van der Waals surface area contributed by atoms with E-state index in [1.54, 1.807) is 31.2 Å². The van der Waals surface area contributed by atoms with Gasteiger partial charge in [0.05, 0.1) is 11.1 Å². The van der Waals surface area contributed by atoms with E-state index in [2.05, 4.69) is 5.43 Å². The molecule has 5 heteroatoms. The van der Waals surface area contributed by atoms with Crippen LogP contribution in [0, 0.1) is 12.7 Å². The van der Waals surface area contributed by atoms with Gasteiger partial charge in [-0.2, -0.15) is 0 Å². The first-order valence-electron chi connectivity index (χ1n) is 5.09. The Morgan fingerprint density at radius 1 is 1.41 bits per heavy atom. The molecule has 1 aromatic heterocycles. The Bertz CT molecular complexity index is 527. The average molecular weight is 271 g/mol. The Labute approximate surface area is 108 Å². The lowest BCUT2D eigenvalue weighted by atomic mass is 10.0. The Morgan fingerprint density at radius 2 is 2.18 bits per heavy atom. The molecule has 0 fully saturated rings. The van der Waals surface area contributed by atoms with E-state index in [1.165, 1.54) is 11.3 Å². The molecule has 2 nitrogen and oxygen atoms in total. The minimum atomic E-state index is -0.414. The van der Waals surface area contributed by atoms with Gasteiger partial charge in [-0.1, -0.05) is 29.8 Å². The van der Waals surface area contributed by atoms with Crippen molar-refractivity contribution in [3.8, 4) is 0 Å². The maximum atomic E-state index is 14.0. The summed E-state index contributed by atoms with van der Waals surface area (Å²) in [5, 5.41) is 2.45. The van der Waals surface area contributed by atoms with E-state index in [-0.39, 0.29) is 5.82 Å². The highest BCUT2D eigenvalue weighted by atomic mass is 35.5. The number of thiophene rings is 1. The number of hydrogen-bond acceptors (Lipinski definition) is 3. The number of hydrazine groups is 1. The van der Waals surface area contributed by atoms with Gasteiger partial charge in [0.1, 0.15) is 5.82 Å². The monoisotopic (exact) mass is 270 g/mol. The third-order valence-electron chi connectivity index (χ3n) is 2.61. The van der Waals surface area contributed by atoms with E-state index < -0.39 is 6.04 Å². The molecule has 1 heterocycles. The molecule has 1 atom stereocenters. The van der Waals surface area contributed by atoms with Crippen LogP contribution in [0.4, 0.5) is 4.39 Å². The smallest absolute Gasteiger partial charge is 0.131 e. The lowest BCUT2D eigenvalue weighted by Gasteiger charge is -2.17. The summed E-state index contributed by atoms with van der Waals surface area (Å²) in [7, 11) is 0. The molecule has 0 amide bonds. The molecule has 1 aromatic carbocycles. The van der Waals surface area contributed by atoms with Crippen molar-refractivity contribution >= 4 is 22.9 Å². The number of nitrogens with one attached hydrogen (secondary N) is 1. The maximum absolute atomic E-state index is 14.0. The van der Waals surface area contributed by atoms with Crippen molar-refractivity contribution in [3.63, 3.8) is 0 Å². The fourth-order valence-electron chi connectivity index (χ4n) is 1.71. The summed E-state index contributed by atoms with van der Waals surface area (Å²) in [6.45, 7) is 1.72. The van der Waals surface area contributed by atoms with E-state index in [1.807, 2.05) is 5.38 Å². The van der Waals surface area contributed by atoms with Crippen LogP contribution in [0.1, 0.15) is 22.0 Å². The molecule has 0 radical (unpaired) electrons. The first-order valence-corrected chi connectivity index (χ1v) is 6.35. The lowest BCUT2D eigenvalue weighted by Crippen LogP contribution is -2.29. The molecule has 2 rings (SSSR count). The molecule has 1 unspecified atom stereocenters. The molecule has 0 aliphatic carbocycles. The van der Waals surface area contributed by atoms with Crippen LogP contribution >= 0.6 is 22.9 Å². The van der Waals surface area contributed by atoms with E-state index in [4.69, 9.17) is 17.4 Å². The number of nitrogens with two attached hydrogens (primary N) is 1. The third kappa shape index (κ3) is 2.35. The normalized spacial score (nSPS) is 12.7. The number of aryl methyl sites for hydroxylation is 1. The maximum Gasteiger partial charge on any atom is 0.131 e. The quantitative estimate of drug-likeness (QED) is 0.663. The molecular weight excluding hydrogens is 259 g/mol. The van der Waals surface area contributed by atoms with Gasteiger partial charge in [-0.05, 0) is 23.9 Å². The van der Waals surface area contributed by atoms with Gasteiger partial charge in [-0.3, -0.25) is 5.84 Å². The molecule has 0 saturated heterocycles. The van der Waals surface area contributed by atoms with Crippen LogP contribution in [-0.2, 0) is 0 Å². The van der Waals surface area contributed by atoms with E-state index >= 15 is 0 Å². The van der Waals surface area contributed by atoms with Crippen molar-refractivity contribution in [1.29, 1.82) is 0 Å². The molecular formula is C12H12ClFN2S. The third-order valence-corrected chi connectivity index (χ3v) is 4.03. The van der Waals surface area contributed by atoms with Gasteiger partial charge in [0.25, 0.3) is 0 Å². The van der Waals surface area contributed by atoms with Gasteiger partial charge in [-0.15, -0.1) is 11.3 Å². The van der Waals surface area contributed by atoms with Crippen LogP contribution in [0.15, 0.2) is 29.6 Å². The summed E-state index contributed by atoms with van der Waals surface area (Å²) in [5.74, 6) is 5.27. The van der Waals surface area contributed by atoms with Gasteiger partial charge in [0, 0.05) is 10.4 Å². The number of rotatable bonds is 3. The SMILES string of the molecule is Cc1cccc(C(NN)c2sccc2Cl)c1F. The van der Waals surface area contributed by atoms with Gasteiger partial charge in [0.15, 0.2) is 0 Å². The zero-order valence-corrected chi connectivity index (χ0v) is 10.8. The minimum absolute atomic E-state index is 0.250. The molecule has 0 aliphatic rings. The second-order valence-electron chi connectivity index (χ2n) is 3.71. The predicted octanol–water partition coefficient (Wildman–Crippen LogP) is 3.40. The second-order valence-corrected chi connectivity index (χ2v) is 5.07. The summed E-state index contributed by atoms with van der Waals surface area (Å²) in [4.78, 5) is 0.818. The minimum Gasteiger partial charge on any atom is -0.271 e. The zero-order valence-electron chi connectivity index (χ0n) is 9.21. The Balaban J connectivity index is 2.50. The standard InChI is InChI=1S/C12H12ClFN2S/c1-7-3-2-4-8(10(7)14)11(16-15)12-9(13)5-6-17-12/h2-6,11,16H,15H2,1H3. The highest BCUT2D eigenvalue weighted by Gasteiger charge is 2.20. The van der Waals surface area contributed by atoms with E-state index in [0.29, 0.717) is 16.1 Å². The fraction of sp³-hybridized carbons (Fsp3) is 0.167. The van der Waals surface area contributed by atoms with Gasteiger partial charge in [0.2, 0.25) is 0 Å². The van der Waals surface area contributed by atoms with Gasteiger partial charge < -0.3 is 0 Å². The van der Waals surface area contributed by atoms with Crippen molar-refractivity contribution in [2.75, 3.05) is 0 Å². The van der Waals surface area contributed by atoms with Gasteiger partial charge in [-0.25, -0.2) is 9.82 Å². The first-order chi connectivity index (χ1) is 8.15. The average Bonchev–Trinajstić information content (AvgIpc) is 2.72. The second kappa shape index (κ2) is 5.14. The Morgan fingerprint density at radius 3 is 2.76 bits per heavy atom. The molecule has 0 bridgehead atoms. The fourth-order valence-corrected chi connectivity index (χ4v) is 2.95. The molecule has 0 aliphatic heterocycles. The topological polar surface area (TPSA) is 38.0 Å². The van der Waals surface area contributed by atoms with Crippen LogP contribution in [0.5, 0.6) is 0 Å².